The smallest absolute Gasteiger partial charge is 0.226 e. The number of carbonyl (C=O) groups excluding carboxylic acids is 1. The van der Waals surface area contributed by atoms with Crippen molar-refractivity contribution in [1.29, 1.82) is 0 Å². The van der Waals surface area contributed by atoms with Crippen LogP contribution in [0.25, 0.3) is 0 Å². The van der Waals surface area contributed by atoms with Gasteiger partial charge in [0.2, 0.25) is 5.91 Å². The van der Waals surface area contributed by atoms with Crippen LogP contribution in [0.1, 0.15) is 27.7 Å². The number of pyridine rings is 1. The van der Waals surface area contributed by atoms with Crippen molar-refractivity contribution in [2.24, 2.45) is 5.92 Å². The van der Waals surface area contributed by atoms with Crippen LogP contribution in [0.4, 0.5) is 0 Å². The fraction of sp³-hybridized carbons (Fsp3) is 0.375. The van der Waals surface area contributed by atoms with Gasteiger partial charge in [-0.15, -0.1) is 11.3 Å². The van der Waals surface area contributed by atoms with Crippen molar-refractivity contribution in [1.82, 2.24) is 9.88 Å². The van der Waals surface area contributed by atoms with Gasteiger partial charge in [-0.1, -0.05) is 0 Å². The van der Waals surface area contributed by atoms with Crippen LogP contribution in [-0.2, 0) is 11.3 Å². The molecule has 1 aliphatic rings. The van der Waals surface area contributed by atoms with Crippen LogP contribution in [0, 0.1) is 12.8 Å². The maximum Gasteiger partial charge on any atom is 0.226 e. The van der Waals surface area contributed by atoms with Crippen LogP contribution >= 0.6 is 11.3 Å². The Balaban J connectivity index is 1.60. The molecule has 0 aromatic carbocycles. The second-order valence-electron chi connectivity index (χ2n) is 5.45. The zero-order valence-electron chi connectivity index (χ0n) is 11.7. The van der Waals surface area contributed by atoms with Gasteiger partial charge < -0.3 is 4.90 Å². The first-order valence-corrected chi connectivity index (χ1v) is 7.67. The number of nitrogens with zero attached hydrogens (tertiary/aromatic N) is 2. The van der Waals surface area contributed by atoms with Gasteiger partial charge in [0.25, 0.3) is 0 Å². The topological polar surface area (TPSA) is 33.2 Å². The number of carbonyl (C=O) groups is 1. The maximum atomic E-state index is 12.4. The molecule has 3 nitrogen and oxygen atoms in total. The van der Waals surface area contributed by atoms with Crippen LogP contribution in [-0.4, -0.2) is 22.8 Å². The summed E-state index contributed by atoms with van der Waals surface area (Å²) in [5.41, 5.74) is 1.13. The molecule has 1 amide bonds. The number of hydrogen-bond acceptors (Lipinski definition) is 3. The Hall–Kier alpha value is -1.68. The van der Waals surface area contributed by atoms with Gasteiger partial charge in [0.1, 0.15) is 0 Å². The molecule has 1 saturated carbocycles. The third kappa shape index (κ3) is 2.75. The van der Waals surface area contributed by atoms with Crippen LogP contribution in [0.5, 0.6) is 0 Å². The molecule has 1 aliphatic carbocycles. The highest BCUT2D eigenvalue weighted by Crippen LogP contribution is 2.50. The lowest BCUT2D eigenvalue weighted by atomic mass is 10.2. The molecule has 2 aromatic rings. The Morgan fingerprint density at radius 3 is 2.75 bits per heavy atom. The summed E-state index contributed by atoms with van der Waals surface area (Å²) in [6, 6.07) is 8.22. The Morgan fingerprint density at radius 2 is 2.10 bits per heavy atom. The summed E-state index contributed by atoms with van der Waals surface area (Å²) >= 11 is 1.82. The van der Waals surface area contributed by atoms with Crippen LogP contribution in [0.3, 0.4) is 0 Å². The monoisotopic (exact) mass is 286 g/mol. The number of aryl methyl sites for hydroxylation is 1. The molecule has 2 unspecified atom stereocenters. The van der Waals surface area contributed by atoms with Gasteiger partial charge in [0.05, 0.1) is 0 Å². The summed E-state index contributed by atoms with van der Waals surface area (Å²) in [6.07, 6.45) is 4.53. The van der Waals surface area contributed by atoms with Gasteiger partial charge in [-0.05, 0) is 43.2 Å². The highest BCUT2D eigenvalue weighted by molar-refractivity contribution is 7.12. The second kappa shape index (κ2) is 5.37. The average molecular weight is 286 g/mol. The van der Waals surface area contributed by atoms with E-state index >= 15 is 0 Å². The van der Waals surface area contributed by atoms with E-state index < -0.39 is 0 Å². The summed E-state index contributed by atoms with van der Waals surface area (Å²) in [5.74, 6) is 0.888. The summed E-state index contributed by atoms with van der Waals surface area (Å²) in [6.45, 7) is 2.77. The second-order valence-corrected chi connectivity index (χ2v) is 6.77. The summed E-state index contributed by atoms with van der Waals surface area (Å²) in [7, 11) is 1.89. The van der Waals surface area contributed by atoms with Gasteiger partial charge in [0.15, 0.2) is 0 Å². The molecule has 0 bridgehead atoms. The predicted molar refractivity (Wildman–Crippen MR) is 80.6 cm³/mol. The van der Waals surface area contributed by atoms with Crippen LogP contribution < -0.4 is 0 Å². The predicted octanol–water partition coefficient (Wildman–Crippen LogP) is 3.21. The van der Waals surface area contributed by atoms with Crippen molar-refractivity contribution in [3.05, 3.63) is 52.0 Å². The Bertz CT molecular complexity index is 608. The lowest BCUT2D eigenvalue weighted by molar-refractivity contribution is -0.131. The molecule has 4 heteroatoms. The molecular weight excluding hydrogens is 268 g/mol. The van der Waals surface area contributed by atoms with E-state index in [1.54, 1.807) is 12.4 Å². The highest BCUT2D eigenvalue weighted by Gasteiger charge is 2.45. The molecule has 2 atom stereocenters. The molecule has 104 valence electrons. The maximum absolute atomic E-state index is 12.4. The van der Waals surface area contributed by atoms with E-state index in [2.05, 4.69) is 24.0 Å². The van der Waals surface area contributed by atoms with Crippen molar-refractivity contribution in [3.63, 3.8) is 0 Å². The van der Waals surface area contributed by atoms with Crippen LogP contribution in [0.15, 0.2) is 36.7 Å². The normalized spacial score (nSPS) is 20.7. The quantitative estimate of drug-likeness (QED) is 0.864. The number of thiophene rings is 1. The standard InChI is InChI=1S/C16H18N2OS/c1-11-3-4-15(20-11)13-9-14(13)16(19)18(2)10-12-5-7-17-8-6-12/h3-8,13-14H,9-10H2,1-2H3. The first-order chi connectivity index (χ1) is 9.65. The van der Waals surface area contributed by atoms with Gasteiger partial charge in [-0.25, -0.2) is 0 Å². The first-order valence-electron chi connectivity index (χ1n) is 6.85. The molecule has 2 aromatic heterocycles. The Kier molecular flexibility index (Phi) is 3.57. The molecule has 0 N–H and O–H groups in total. The van der Waals surface area contributed by atoms with Gasteiger partial charge in [-0.2, -0.15) is 0 Å². The molecule has 3 rings (SSSR count). The first kappa shape index (κ1) is 13.3. The zero-order chi connectivity index (χ0) is 14.1. The van der Waals surface area contributed by atoms with Crippen molar-refractivity contribution < 1.29 is 4.79 Å². The van der Waals surface area contributed by atoms with E-state index in [4.69, 9.17) is 0 Å². The molecule has 0 radical (unpaired) electrons. The van der Waals surface area contributed by atoms with E-state index in [1.165, 1.54) is 9.75 Å². The largest absolute Gasteiger partial charge is 0.341 e. The summed E-state index contributed by atoms with van der Waals surface area (Å²) in [4.78, 5) is 20.9. The number of aromatic nitrogens is 1. The zero-order valence-corrected chi connectivity index (χ0v) is 12.6. The molecule has 0 spiro atoms. The van der Waals surface area contributed by atoms with Gasteiger partial charge in [0, 0.05) is 47.6 Å². The number of amides is 1. The van der Waals surface area contributed by atoms with Crippen molar-refractivity contribution in [3.8, 4) is 0 Å². The van der Waals surface area contributed by atoms with Crippen molar-refractivity contribution in [2.75, 3.05) is 7.05 Å². The van der Waals surface area contributed by atoms with E-state index in [0.717, 1.165) is 12.0 Å². The highest BCUT2D eigenvalue weighted by atomic mass is 32.1. The average Bonchev–Trinajstić information content (AvgIpc) is 3.14. The molecule has 2 heterocycles. The lowest BCUT2D eigenvalue weighted by Crippen LogP contribution is -2.28. The Labute approximate surface area is 123 Å². The lowest BCUT2D eigenvalue weighted by Gasteiger charge is -2.17. The Morgan fingerprint density at radius 1 is 1.35 bits per heavy atom. The third-order valence-corrected chi connectivity index (χ3v) is 4.91. The van der Waals surface area contributed by atoms with Gasteiger partial charge >= 0.3 is 0 Å². The number of rotatable bonds is 4. The molecule has 0 saturated heterocycles. The van der Waals surface area contributed by atoms with E-state index in [0.29, 0.717) is 12.5 Å². The minimum atomic E-state index is 0.180. The SMILES string of the molecule is Cc1ccc(C2CC2C(=O)N(C)Cc2ccncc2)s1. The minimum Gasteiger partial charge on any atom is -0.341 e. The molecule has 20 heavy (non-hydrogen) atoms. The molecule has 1 fully saturated rings. The van der Waals surface area contributed by atoms with Crippen molar-refractivity contribution in [2.45, 2.75) is 25.8 Å². The minimum absolute atomic E-state index is 0.180. The number of hydrogen-bond donors (Lipinski definition) is 0. The summed E-state index contributed by atoms with van der Waals surface area (Å²) in [5, 5.41) is 0. The molecule has 0 aliphatic heterocycles. The molecular formula is C16H18N2OS. The summed E-state index contributed by atoms with van der Waals surface area (Å²) < 4.78 is 0. The third-order valence-electron chi connectivity index (χ3n) is 3.78. The fourth-order valence-electron chi connectivity index (χ4n) is 2.56. The van der Waals surface area contributed by atoms with E-state index in [1.807, 2.05) is 35.4 Å². The van der Waals surface area contributed by atoms with Crippen molar-refractivity contribution >= 4 is 17.2 Å². The van der Waals surface area contributed by atoms with E-state index in [-0.39, 0.29) is 11.8 Å². The fourth-order valence-corrected chi connectivity index (χ4v) is 3.61. The van der Waals surface area contributed by atoms with Crippen LogP contribution in [0.2, 0.25) is 0 Å². The van der Waals surface area contributed by atoms with Gasteiger partial charge in [-0.3, -0.25) is 9.78 Å². The van der Waals surface area contributed by atoms with E-state index in [9.17, 15) is 4.79 Å².